The highest BCUT2D eigenvalue weighted by Crippen LogP contribution is 2.24. The first-order valence-electron chi connectivity index (χ1n) is 4.55. The lowest BCUT2D eigenvalue weighted by Gasteiger charge is -2.08. The zero-order chi connectivity index (χ0) is 11.4. The van der Waals surface area contributed by atoms with Crippen molar-refractivity contribution in [3.63, 3.8) is 0 Å². The Bertz CT molecular complexity index is 432. The van der Waals surface area contributed by atoms with Crippen LogP contribution in [0.4, 0.5) is 0 Å². The van der Waals surface area contributed by atoms with Crippen molar-refractivity contribution in [2.24, 2.45) is 0 Å². The molecule has 0 bridgehead atoms. The second kappa shape index (κ2) is 4.47. The molecule has 1 aromatic rings. The molecule has 0 saturated heterocycles. The number of nitrogens with zero attached hydrogens (tertiary/aromatic N) is 1. The van der Waals surface area contributed by atoms with Gasteiger partial charge < -0.3 is 10.2 Å². The summed E-state index contributed by atoms with van der Waals surface area (Å²) >= 11 is 0. The normalized spacial score (nSPS) is 9.60. The lowest BCUT2D eigenvalue weighted by atomic mass is 9.98. The fraction of sp³-hybridized carbons (Fsp3) is 0.273. The predicted molar refractivity (Wildman–Crippen MR) is 53.5 cm³/mol. The van der Waals surface area contributed by atoms with Crippen LogP contribution >= 0.6 is 0 Å². The second-order valence-corrected chi connectivity index (χ2v) is 3.17. The third-order valence-electron chi connectivity index (χ3n) is 2.14. The number of carbonyl (C=O) groups is 1. The highest BCUT2D eigenvalue weighted by Gasteiger charge is 2.11. The van der Waals surface area contributed by atoms with Crippen LogP contribution in [0, 0.1) is 11.3 Å². The Balaban J connectivity index is 3.27. The Hall–Kier alpha value is -2.02. The maximum atomic E-state index is 10.6. The average molecular weight is 205 g/mol. The molecule has 0 radical (unpaired) electrons. The minimum Gasteiger partial charge on any atom is -0.508 e. The molecule has 1 aromatic carbocycles. The Morgan fingerprint density at radius 2 is 2.20 bits per heavy atom. The van der Waals surface area contributed by atoms with Gasteiger partial charge >= 0.3 is 5.97 Å². The van der Waals surface area contributed by atoms with Gasteiger partial charge in [-0.2, -0.15) is 5.26 Å². The number of phenolic OH excluding ortho intramolecular Hbond substituents is 1. The van der Waals surface area contributed by atoms with E-state index in [9.17, 15) is 9.90 Å². The number of carboxylic acids is 1. The molecular weight excluding hydrogens is 194 g/mol. The van der Waals surface area contributed by atoms with Gasteiger partial charge in [0.1, 0.15) is 5.75 Å². The molecular formula is C11H11NO3. The molecule has 4 heteroatoms. The summed E-state index contributed by atoms with van der Waals surface area (Å²) in [6.45, 7) is 1.83. The first-order chi connectivity index (χ1) is 7.08. The number of nitriles is 1. The van der Waals surface area contributed by atoms with Gasteiger partial charge in [0.05, 0.1) is 18.1 Å². The lowest BCUT2D eigenvalue weighted by molar-refractivity contribution is -0.136. The van der Waals surface area contributed by atoms with Gasteiger partial charge in [-0.1, -0.05) is 6.92 Å². The molecule has 0 spiro atoms. The first kappa shape index (κ1) is 11.1. The number of aromatic hydroxyl groups is 1. The topological polar surface area (TPSA) is 81.3 Å². The van der Waals surface area contributed by atoms with Crippen molar-refractivity contribution >= 4 is 5.97 Å². The van der Waals surface area contributed by atoms with E-state index in [1.165, 1.54) is 12.1 Å². The lowest BCUT2D eigenvalue weighted by Crippen LogP contribution is -2.04. The van der Waals surface area contributed by atoms with Gasteiger partial charge in [0.2, 0.25) is 0 Å². The van der Waals surface area contributed by atoms with E-state index in [0.29, 0.717) is 17.5 Å². The second-order valence-electron chi connectivity index (χ2n) is 3.17. The molecule has 1 rings (SSSR count). The number of aliphatic carboxylic acids is 1. The van der Waals surface area contributed by atoms with E-state index < -0.39 is 5.97 Å². The molecule has 0 aliphatic rings. The maximum Gasteiger partial charge on any atom is 0.307 e. The zero-order valence-electron chi connectivity index (χ0n) is 8.32. The van der Waals surface area contributed by atoms with Crippen molar-refractivity contribution in [3.05, 3.63) is 28.8 Å². The summed E-state index contributed by atoms with van der Waals surface area (Å²) in [4.78, 5) is 10.6. The molecule has 0 aliphatic carbocycles. The summed E-state index contributed by atoms with van der Waals surface area (Å²) in [5, 5.41) is 26.9. The van der Waals surface area contributed by atoms with Gasteiger partial charge in [0.25, 0.3) is 0 Å². The van der Waals surface area contributed by atoms with Crippen molar-refractivity contribution in [2.75, 3.05) is 0 Å². The number of hydrogen-bond donors (Lipinski definition) is 2. The van der Waals surface area contributed by atoms with Gasteiger partial charge in [0, 0.05) is 0 Å². The van der Waals surface area contributed by atoms with Crippen LogP contribution in [-0.4, -0.2) is 16.2 Å². The molecule has 2 N–H and O–H groups in total. The summed E-state index contributed by atoms with van der Waals surface area (Å²) in [6.07, 6.45) is 0.367. The Morgan fingerprint density at radius 3 is 2.67 bits per heavy atom. The van der Waals surface area contributed by atoms with Crippen LogP contribution in [0.3, 0.4) is 0 Å². The summed E-state index contributed by atoms with van der Waals surface area (Å²) in [7, 11) is 0. The summed E-state index contributed by atoms with van der Waals surface area (Å²) in [6, 6.07) is 4.74. The molecule has 4 nitrogen and oxygen atoms in total. The highest BCUT2D eigenvalue weighted by molar-refractivity contribution is 5.71. The summed E-state index contributed by atoms with van der Waals surface area (Å²) in [5.41, 5.74) is 1.37. The van der Waals surface area contributed by atoms with Crippen LogP contribution in [0.2, 0.25) is 0 Å². The molecule has 0 heterocycles. The van der Waals surface area contributed by atoms with E-state index in [1.54, 1.807) is 0 Å². The zero-order valence-corrected chi connectivity index (χ0v) is 8.32. The molecule has 0 unspecified atom stereocenters. The van der Waals surface area contributed by atoms with E-state index in [0.717, 1.165) is 0 Å². The Morgan fingerprint density at radius 1 is 1.53 bits per heavy atom. The smallest absolute Gasteiger partial charge is 0.307 e. The fourth-order valence-corrected chi connectivity index (χ4v) is 1.51. The summed E-state index contributed by atoms with van der Waals surface area (Å²) < 4.78 is 0. The number of benzene rings is 1. The largest absolute Gasteiger partial charge is 0.508 e. The van der Waals surface area contributed by atoms with Crippen molar-refractivity contribution in [1.29, 1.82) is 5.26 Å². The average Bonchev–Trinajstić information content (AvgIpc) is 2.16. The third-order valence-corrected chi connectivity index (χ3v) is 2.14. The van der Waals surface area contributed by atoms with Crippen LogP contribution in [0.25, 0.3) is 0 Å². The summed E-state index contributed by atoms with van der Waals surface area (Å²) in [5.74, 6) is -0.980. The molecule has 0 aliphatic heterocycles. The van der Waals surface area contributed by atoms with E-state index >= 15 is 0 Å². The number of hydrogen-bond acceptors (Lipinski definition) is 3. The van der Waals surface area contributed by atoms with Crippen molar-refractivity contribution in [2.45, 2.75) is 19.8 Å². The van der Waals surface area contributed by atoms with Crippen LogP contribution in [0.5, 0.6) is 5.75 Å². The van der Waals surface area contributed by atoms with Crippen LogP contribution < -0.4 is 0 Å². The maximum absolute atomic E-state index is 10.6. The minimum absolute atomic E-state index is 0.00667. The minimum atomic E-state index is -0.973. The fourth-order valence-electron chi connectivity index (χ4n) is 1.51. The van der Waals surface area contributed by atoms with Gasteiger partial charge in [-0.05, 0) is 29.7 Å². The van der Waals surface area contributed by atoms with E-state index in [1.807, 2.05) is 13.0 Å². The monoisotopic (exact) mass is 205 g/mol. The molecule has 0 aromatic heterocycles. The van der Waals surface area contributed by atoms with Gasteiger partial charge in [-0.25, -0.2) is 0 Å². The SMILES string of the molecule is CCc1c(O)cc(C#N)cc1CC(=O)O. The number of phenols is 1. The van der Waals surface area contributed by atoms with Crippen molar-refractivity contribution in [3.8, 4) is 11.8 Å². The molecule has 0 saturated carbocycles. The van der Waals surface area contributed by atoms with Crippen molar-refractivity contribution in [1.82, 2.24) is 0 Å². The van der Waals surface area contributed by atoms with E-state index in [4.69, 9.17) is 10.4 Å². The van der Waals surface area contributed by atoms with Crippen LogP contribution in [-0.2, 0) is 17.6 Å². The van der Waals surface area contributed by atoms with Crippen molar-refractivity contribution < 1.29 is 15.0 Å². The van der Waals surface area contributed by atoms with E-state index in [-0.39, 0.29) is 17.7 Å². The molecule has 0 fully saturated rings. The molecule has 0 amide bonds. The number of rotatable bonds is 3. The quantitative estimate of drug-likeness (QED) is 0.782. The number of carboxylic acid groups (broad SMARTS) is 1. The first-order valence-corrected chi connectivity index (χ1v) is 4.55. The predicted octanol–water partition coefficient (Wildman–Crippen LogP) is 1.45. The molecule has 0 atom stereocenters. The third kappa shape index (κ3) is 2.47. The van der Waals surface area contributed by atoms with E-state index in [2.05, 4.69) is 0 Å². The van der Waals surface area contributed by atoms with Gasteiger partial charge in [-0.15, -0.1) is 0 Å². The van der Waals surface area contributed by atoms with Crippen LogP contribution in [0.1, 0.15) is 23.6 Å². The molecule has 78 valence electrons. The van der Waals surface area contributed by atoms with Crippen LogP contribution in [0.15, 0.2) is 12.1 Å². The standard InChI is InChI=1S/C11H11NO3/c1-2-9-8(5-11(14)15)3-7(6-12)4-10(9)13/h3-4,13H,2,5H2,1H3,(H,14,15). The highest BCUT2D eigenvalue weighted by atomic mass is 16.4. The van der Waals surface area contributed by atoms with Gasteiger partial charge in [0.15, 0.2) is 0 Å². The van der Waals surface area contributed by atoms with Gasteiger partial charge in [-0.3, -0.25) is 4.79 Å². The Labute approximate surface area is 87.4 Å². The molecule has 15 heavy (non-hydrogen) atoms. The Kier molecular flexibility index (Phi) is 3.29.